The van der Waals surface area contributed by atoms with Crippen LogP contribution in [0.2, 0.25) is 0 Å². The second kappa shape index (κ2) is 5.10. The first-order valence-electron chi connectivity index (χ1n) is 6.52. The molecule has 0 aliphatic carbocycles. The summed E-state index contributed by atoms with van der Waals surface area (Å²) in [5.74, 6) is 0. The number of hydrogen-bond acceptors (Lipinski definition) is 3. The molecule has 2 aromatic carbocycles. The van der Waals surface area contributed by atoms with Crippen LogP contribution in [-0.2, 0) is 0 Å². The molecule has 20 heavy (non-hydrogen) atoms. The first-order chi connectivity index (χ1) is 9.63. The fraction of sp³-hybridized carbons (Fsp3) is 0.118. The minimum Gasteiger partial charge on any atom is -0.398 e. The van der Waals surface area contributed by atoms with Crippen molar-refractivity contribution in [2.75, 3.05) is 5.73 Å². The number of aryl methyl sites for hydroxylation is 2. The van der Waals surface area contributed by atoms with Crippen molar-refractivity contribution < 1.29 is 0 Å². The van der Waals surface area contributed by atoms with Crippen molar-refractivity contribution >= 4 is 17.0 Å². The Bertz CT molecular complexity index is 742. The third-order valence-electron chi connectivity index (χ3n) is 3.38. The lowest BCUT2D eigenvalue weighted by molar-refractivity contribution is 1.38. The number of nitrogens with zero attached hydrogens (tertiary/aromatic N) is 1. The second-order valence-corrected chi connectivity index (χ2v) is 5.83. The number of hydrogen-bond donors (Lipinski definition) is 1. The highest BCUT2D eigenvalue weighted by atomic mass is 32.1. The van der Waals surface area contributed by atoms with Crippen molar-refractivity contribution in [3.05, 3.63) is 59.0 Å². The summed E-state index contributed by atoms with van der Waals surface area (Å²) in [5, 5.41) is 3.10. The Morgan fingerprint density at radius 2 is 1.65 bits per heavy atom. The van der Waals surface area contributed by atoms with Crippen LogP contribution in [0, 0.1) is 13.8 Å². The fourth-order valence-electron chi connectivity index (χ4n) is 2.04. The number of nitrogens with two attached hydrogens (primary N) is 1. The molecule has 2 N–H and O–H groups in total. The lowest BCUT2D eigenvalue weighted by Crippen LogP contribution is -1.89. The van der Waals surface area contributed by atoms with Crippen LogP contribution in [0.4, 0.5) is 5.69 Å². The molecule has 0 saturated heterocycles. The predicted octanol–water partition coefficient (Wildman–Crippen LogP) is 4.68. The second-order valence-electron chi connectivity index (χ2n) is 4.98. The smallest absolute Gasteiger partial charge is 0.124 e. The highest BCUT2D eigenvalue weighted by Gasteiger charge is 2.07. The van der Waals surface area contributed by atoms with E-state index in [9.17, 15) is 0 Å². The molecule has 3 heteroatoms. The van der Waals surface area contributed by atoms with Crippen LogP contribution in [0.3, 0.4) is 0 Å². The van der Waals surface area contributed by atoms with E-state index in [1.807, 2.05) is 19.1 Å². The highest BCUT2D eigenvalue weighted by Crippen LogP contribution is 2.30. The number of rotatable bonds is 2. The normalized spacial score (nSPS) is 10.7. The van der Waals surface area contributed by atoms with E-state index in [1.54, 1.807) is 11.3 Å². The predicted molar refractivity (Wildman–Crippen MR) is 86.9 cm³/mol. The topological polar surface area (TPSA) is 38.9 Å². The zero-order valence-corrected chi connectivity index (χ0v) is 12.4. The molecule has 0 radical (unpaired) electrons. The van der Waals surface area contributed by atoms with Crippen LogP contribution in [0.25, 0.3) is 21.8 Å². The molecule has 0 saturated carbocycles. The molecular formula is C17H16N2S. The summed E-state index contributed by atoms with van der Waals surface area (Å²) in [5.41, 5.74) is 12.4. The largest absolute Gasteiger partial charge is 0.398 e. The maximum Gasteiger partial charge on any atom is 0.124 e. The minimum atomic E-state index is 0.814. The van der Waals surface area contributed by atoms with Crippen molar-refractivity contribution in [3.63, 3.8) is 0 Å². The van der Waals surface area contributed by atoms with Crippen molar-refractivity contribution in [2.24, 2.45) is 0 Å². The van der Waals surface area contributed by atoms with Gasteiger partial charge in [-0.3, -0.25) is 0 Å². The average molecular weight is 280 g/mol. The van der Waals surface area contributed by atoms with Gasteiger partial charge in [-0.1, -0.05) is 42.0 Å². The van der Waals surface area contributed by atoms with E-state index in [-0.39, 0.29) is 0 Å². The van der Waals surface area contributed by atoms with E-state index in [4.69, 9.17) is 10.7 Å². The molecule has 0 unspecified atom stereocenters. The molecule has 2 nitrogen and oxygen atoms in total. The third-order valence-corrected chi connectivity index (χ3v) is 4.27. The number of thiazole rings is 1. The monoisotopic (exact) mass is 280 g/mol. The van der Waals surface area contributed by atoms with Gasteiger partial charge in [-0.2, -0.15) is 0 Å². The molecule has 3 rings (SSSR count). The van der Waals surface area contributed by atoms with Crippen LogP contribution in [0.5, 0.6) is 0 Å². The Hall–Kier alpha value is -2.13. The van der Waals surface area contributed by atoms with Crippen molar-refractivity contribution in [1.82, 2.24) is 4.98 Å². The van der Waals surface area contributed by atoms with Crippen molar-refractivity contribution in [1.29, 1.82) is 0 Å². The molecule has 0 amide bonds. The highest BCUT2D eigenvalue weighted by molar-refractivity contribution is 7.13. The van der Waals surface area contributed by atoms with Gasteiger partial charge in [0.25, 0.3) is 0 Å². The molecule has 0 bridgehead atoms. The van der Waals surface area contributed by atoms with E-state index in [1.165, 1.54) is 5.56 Å². The lowest BCUT2D eigenvalue weighted by Gasteiger charge is -2.02. The molecule has 0 fully saturated rings. The number of benzene rings is 2. The summed E-state index contributed by atoms with van der Waals surface area (Å²) >= 11 is 1.65. The maximum absolute atomic E-state index is 5.97. The van der Waals surface area contributed by atoms with Gasteiger partial charge in [-0.25, -0.2) is 4.98 Å². The molecule has 1 aromatic heterocycles. The first kappa shape index (κ1) is 12.9. The van der Waals surface area contributed by atoms with E-state index in [0.717, 1.165) is 33.1 Å². The zero-order valence-electron chi connectivity index (χ0n) is 11.6. The van der Waals surface area contributed by atoms with Crippen LogP contribution < -0.4 is 5.73 Å². The van der Waals surface area contributed by atoms with Gasteiger partial charge < -0.3 is 5.73 Å². The van der Waals surface area contributed by atoms with Crippen LogP contribution in [0.15, 0.2) is 47.8 Å². The van der Waals surface area contributed by atoms with Gasteiger partial charge in [0.1, 0.15) is 5.01 Å². The van der Waals surface area contributed by atoms with E-state index in [2.05, 4.69) is 42.6 Å². The molecule has 1 heterocycles. The summed E-state index contributed by atoms with van der Waals surface area (Å²) in [7, 11) is 0. The molecule has 3 aromatic rings. The minimum absolute atomic E-state index is 0.814. The summed E-state index contributed by atoms with van der Waals surface area (Å²) < 4.78 is 0. The van der Waals surface area contributed by atoms with Crippen LogP contribution in [-0.4, -0.2) is 4.98 Å². The molecule has 0 atom stereocenters. The summed E-state index contributed by atoms with van der Waals surface area (Å²) in [6.07, 6.45) is 0. The maximum atomic E-state index is 5.97. The van der Waals surface area contributed by atoms with Gasteiger partial charge in [0.05, 0.1) is 5.69 Å². The van der Waals surface area contributed by atoms with Crippen LogP contribution in [0.1, 0.15) is 11.1 Å². The third kappa shape index (κ3) is 2.45. The SMILES string of the molecule is Cc1ccc(-c2csc(-c3ccc(C)c(N)c3)n2)cc1. The molecule has 0 spiro atoms. The van der Waals surface area contributed by atoms with Gasteiger partial charge in [0.2, 0.25) is 0 Å². The average Bonchev–Trinajstić information content (AvgIpc) is 2.92. The van der Waals surface area contributed by atoms with E-state index >= 15 is 0 Å². The summed E-state index contributed by atoms with van der Waals surface area (Å²) in [6, 6.07) is 14.5. The van der Waals surface area contributed by atoms with Gasteiger partial charge in [0, 0.05) is 22.2 Å². The van der Waals surface area contributed by atoms with Crippen molar-refractivity contribution in [2.45, 2.75) is 13.8 Å². The van der Waals surface area contributed by atoms with E-state index in [0.29, 0.717) is 0 Å². The number of nitrogen functional groups attached to an aromatic ring is 1. The molecule has 0 aliphatic heterocycles. The number of anilines is 1. The Morgan fingerprint density at radius 1 is 0.950 bits per heavy atom. The molecular weight excluding hydrogens is 264 g/mol. The van der Waals surface area contributed by atoms with Gasteiger partial charge in [-0.15, -0.1) is 11.3 Å². The Labute approximate surface area is 122 Å². The van der Waals surface area contributed by atoms with Crippen molar-refractivity contribution in [3.8, 4) is 21.8 Å². The van der Waals surface area contributed by atoms with E-state index < -0.39 is 0 Å². The van der Waals surface area contributed by atoms with Gasteiger partial charge >= 0.3 is 0 Å². The first-order valence-corrected chi connectivity index (χ1v) is 7.40. The Kier molecular flexibility index (Phi) is 3.28. The van der Waals surface area contributed by atoms with Gasteiger partial charge in [-0.05, 0) is 25.5 Å². The zero-order chi connectivity index (χ0) is 14.1. The summed E-state index contributed by atoms with van der Waals surface area (Å²) in [4.78, 5) is 4.71. The fourth-order valence-corrected chi connectivity index (χ4v) is 2.86. The standard InChI is InChI=1S/C17H16N2S/c1-11-3-6-13(7-4-11)16-10-20-17(19-16)14-8-5-12(2)15(18)9-14/h3-10H,18H2,1-2H3. The molecule has 100 valence electrons. The lowest BCUT2D eigenvalue weighted by atomic mass is 10.1. The number of aromatic nitrogens is 1. The Balaban J connectivity index is 1.97. The summed E-state index contributed by atoms with van der Waals surface area (Å²) in [6.45, 7) is 4.10. The quantitative estimate of drug-likeness (QED) is 0.692. The van der Waals surface area contributed by atoms with Crippen LogP contribution >= 0.6 is 11.3 Å². The Morgan fingerprint density at radius 3 is 2.35 bits per heavy atom. The van der Waals surface area contributed by atoms with Gasteiger partial charge in [0.15, 0.2) is 0 Å². The molecule has 0 aliphatic rings.